The van der Waals surface area contributed by atoms with Gasteiger partial charge in [-0.05, 0) is 18.6 Å². The molecule has 0 aliphatic rings. The normalized spacial score (nSPS) is 11.1. The first kappa shape index (κ1) is 12.5. The molecular formula is C13H15N5O2. The molecule has 7 nitrogen and oxygen atoms in total. The second kappa shape index (κ2) is 5.20. The molecule has 104 valence electrons. The Kier molecular flexibility index (Phi) is 3.24. The van der Waals surface area contributed by atoms with E-state index in [0.717, 1.165) is 24.2 Å². The number of nitrogen functional groups attached to an aromatic ring is 1. The second-order valence-corrected chi connectivity index (χ2v) is 4.49. The number of nitrogens with two attached hydrogens (primary N) is 1. The second-order valence-electron chi connectivity index (χ2n) is 4.49. The Morgan fingerprint density at radius 2 is 2.25 bits per heavy atom. The summed E-state index contributed by atoms with van der Waals surface area (Å²) in [5.74, 6) is 1.72. The Hall–Kier alpha value is -2.57. The van der Waals surface area contributed by atoms with Gasteiger partial charge in [0.1, 0.15) is 5.69 Å². The van der Waals surface area contributed by atoms with Crippen molar-refractivity contribution < 1.29 is 8.94 Å². The zero-order valence-corrected chi connectivity index (χ0v) is 11.1. The van der Waals surface area contributed by atoms with Gasteiger partial charge in [0.25, 0.3) is 0 Å². The van der Waals surface area contributed by atoms with Crippen LogP contribution in [0.5, 0.6) is 0 Å². The van der Waals surface area contributed by atoms with Crippen LogP contribution < -0.4 is 5.73 Å². The van der Waals surface area contributed by atoms with E-state index in [0.29, 0.717) is 23.9 Å². The van der Waals surface area contributed by atoms with Crippen LogP contribution in [0.2, 0.25) is 0 Å². The van der Waals surface area contributed by atoms with Crippen molar-refractivity contribution in [3.63, 3.8) is 0 Å². The van der Waals surface area contributed by atoms with Gasteiger partial charge in [0.15, 0.2) is 11.6 Å². The lowest BCUT2D eigenvalue weighted by molar-refractivity contribution is 0.406. The summed E-state index contributed by atoms with van der Waals surface area (Å²) in [6.07, 6.45) is 3.41. The molecule has 0 radical (unpaired) electrons. The number of hydrogen-bond acceptors (Lipinski definition) is 6. The lowest BCUT2D eigenvalue weighted by Gasteiger charge is -2.02. The molecule has 0 aromatic carbocycles. The molecule has 0 saturated carbocycles. The summed E-state index contributed by atoms with van der Waals surface area (Å²) >= 11 is 0. The zero-order valence-electron chi connectivity index (χ0n) is 11.1. The molecule has 0 aliphatic carbocycles. The first-order valence-electron chi connectivity index (χ1n) is 6.45. The monoisotopic (exact) mass is 273 g/mol. The van der Waals surface area contributed by atoms with Gasteiger partial charge in [-0.15, -0.1) is 5.10 Å². The third-order valence-corrected chi connectivity index (χ3v) is 2.99. The average Bonchev–Trinajstić information content (AvgIpc) is 3.15. The van der Waals surface area contributed by atoms with Gasteiger partial charge in [-0.1, -0.05) is 23.7 Å². The summed E-state index contributed by atoms with van der Waals surface area (Å²) < 4.78 is 12.3. The van der Waals surface area contributed by atoms with Crippen molar-refractivity contribution in [2.45, 2.75) is 26.3 Å². The van der Waals surface area contributed by atoms with Crippen molar-refractivity contribution in [2.75, 3.05) is 5.73 Å². The maximum atomic E-state index is 5.81. The summed E-state index contributed by atoms with van der Waals surface area (Å²) in [5.41, 5.74) is 7.48. The Morgan fingerprint density at radius 3 is 3.00 bits per heavy atom. The fraction of sp³-hybridized carbons (Fsp3) is 0.308. The summed E-state index contributed by atoms with van der Waals surface area (Å²) in [6, 6.07) is 5.45. The predicted octanol–water partition coefficient (Wildman–Crippen LogP) is 2.11. The van der Waals surface area contributed by atoms with E-state index in [1.54, 1.807) is 17.0 Å². The molecule has 3 aromatic rings. The fourth-order valence-electron chi connectivity index (χ4n) is 2.04. The third kappa shape index (κ3) is 2.29. The molecule has 3 heterocycles. The Morgan fingerprint density at radius 1 is 1.35 bits per heavy atom. The lowest BCUT2D eigenvalue weighted by Crippen LogP contribution is -2.07. The topological polar surface area (TPSA) is 95.9 Å². The Balaban J connectivity index is 1.82. The highest BCUT2D eigenvalue weighted by molar-refractivity contribution is 5.49. The van der Waals surface area contributed by atoms with E-state index in [9.17, 15) is 0 Å². The minimum Gasteiger partial charge on any atom is -0.461 e. The standard InChI is InChI=1S/C13H15N5O2/c1-2-4-10-13(14)15-17-18(10)8-9-7-12(20-16-9)11-5-3-6-19-11/h3,5-7H,2,4,8,14H2,1H3. The van der Waals surface area contributed by atoms with Crippen LogP contribution in [-0.4, -0.2) is 20.2 Å². The molecule has 20 heavy (non-hydrogen) atoms. The van der Waals surface area contributed by atoms with E-state index in [1.165, 1.54) is 0 Å². The molecule has 2 N–H and O–H groups in total. The van der Waals surface area contributed by atoms with Crippen molar-refractivity contribution in [3.05, 3.63) is 35.9 Å². The smallest absolute Gasteiger partial charge is 0.202 e. The minimum atomic E-state index is 0.474. The third-order valence-electron chi connectivity index (χ3n) is 2.99. The van der Waals surface area contributed by atoms with Gasteiger partial charge in [0, 0.05) is 6.07 Å². The van der Waals surface area contributed by atoms with Crippen LogP contribution in [0, 0.1) is 0 Å². The highest BCUT2D eigenvalue weighted by Gasteiger charge is 2.13. The molecule has 0 aliphatic heterocycles. The average molecular weight is 273 g/mol. The molecule has 7 heteroatoms. The first-order chi connectivity index (χ1) is 9.78. The molecule has 0 bridgehead atoms. The number of aromatic nitrogens is 4. The molecule has 3 rings (SSSR count). The molecule has 0 spiro atoms. The largest absolute Gasteiger partial charge is 0.461 e. The Bertz CT molecular complexity index is 684. The minimum absolute atomic E-state index is 0.474. The van der Waals surface area contributed by atoms with E-state index < -0.39 is 0 Å². The van der Waals surface area contributed by atoms with Gasteiger partial charge in [-0.3, -0.25) is 0 Å². The van der Waals surface area contributed by atoms with Crippen LogP contribution >= 0.6 is 0 Å². The summed E-state index contributed by atoms with van der Waals surface area (Å²) in [7, 11) is 0. The van der Waals surface area contributed by atoms with Gasteiger partial charge >= 0.3 is 0 Å². The molecular weight excluding hydrogens is 258 g/mol. The van der Waals surface area contributed by atoms with Crippen LogP contribution in [0.4, 0.5) is 5.82 Å². The van der Waals surface area contributed by atoms with Crippen molar-refractivity contribution in [2.24, 2.45) is 0 Å². The predicted molar refractivity (Wildman–Crippen MR) is 71.7 cm³/mol. The molecule has 3 aromatic heterocycles. The maximum absolute atomic E-state index is 5.81. The van der Waals surface area contributed by atoms with Crippen LogP contribution in [0.3, 0.4) is 0 Å². The quantitative estimate of drug-likeness (QED) is 0.764. The fourth-order valence-corrected chi connectivity index (χ4v) is 2.04. The van der Waals surface area contributed by atoms with Gasteiger partial charge in [0.2, 0.25) is 5.76 Å². The molecule has 0 fully saturated rings. The van der Waals surface area contributed by atoms with Crippen LogP contribution in [-0.2, 0) is 13.0 Å². The summed E-state index contributed by atoms with van der Waals surface area (Å²) in [4.78, 5) is 0. The maximum Gasteiger partial charge on any atom is 0.202 e. The SMILES string of the molecule is CCCc1c(N)nnn1Cc1cc(-c2ccco2)on1. The van der Waals surface area contributed by atoms with E-state index in [4.69, 9.17) is 14.7 Å². The number of furan rings is 1. The van der Waals surface area contributed by atoms with Gasteiger partial charge in [0.05, 0.1) is 18.5 Å². The van der Waals surface area contributed by atoms with Crippen molar-refractivity contribution in [3.8, 4) is 11.5 Å². The number of nitrogens with zero attached hydrogens (tertiary/aromatic N) is 4. The van der Waals surface area contributed by atoms with Crippen LogP contribution in [0.1, 0.15) is 24.7 Å². The van der Waals surface area contributed by atoms with Gasteiger partial charge in [-0.25, -0.2) is 4.68 Å². The molecule has 0 saturated heterocycles. The summed E-state index contributed by atoms with van der Waals surface area (Å²) in [5, 5.41) is 12.0. The lowest BCUT2D eigenvalue weighted by atomic mass is 10.2. The number of anilines is 1. The van der Waals surface area contributed by atoms with Crippen molar-refractivity contribution in [1.29, 1.82) is 0 Å². The highest BCUT2D eigenvalue weighted by atomic mass is 16.5. The molecule has 0 atom stereocenters. The summed E-state index contributed by atoms with van der Waals surface area (Å²) in [6.45, 7) is 2.56. The highest BCUT2D eigenvalue weighted by Crippen LogP contribution is 2.21. The van der Waals surface area contributed by atoms with Crippen molar-refractivity contribution >= 4 is 5.82 Å². The number of hydrogen-bond donors (Lipinski definition) is 1. The van der Waals surface area contributed by atoms with E-state index in [2.05, 4.69) is 22.4 Å². The van der Waals surface area contributed by atoms with Crippen LogP contribution in [0.15, 0.2) is 33.4 Å². The Labute approximate surface area is 115 Å². The van der Waals surface area contributed by atoms with Crippen molar-refractivity contribution in [1.82, 2.24) is 20.2 Å². The zero-order chi connectivity index (χ0) is 13.9. The number of rotatable bonds is 5. The molecule has 0 amide bonds. The van der Waals surface area contributed by atoms with E-state index >= 15 is 0 Å². The van der Waals surface area contributed by atoms with Gasteiger partial charge < -0.3 is 14.7 Å². The first-order valence-corrected chi connectivity index (χ1v) is 6.45. The van der Waals surface area contributed by atoms with Gasteiger partial charge in [-0.2, -0.15) is 0 Å². The molecule has 0 unspecified atom stereocenters. The van der Waals surface area contributed by atoms with E-state index in [-0.39, 0.29) is 0 Å². The van der Waals surface area contributed by atoms with Crippen LogP contribution in [0.25, 0.3) is 11.5 Å². The van der Waals surface area contributed by atoms with E-state index in [1.807, 2.05) is 12.1 Å².